The minimum atomic E-state index is -0.670. The highest BCUT2D eigenvalue weighted by Crippen LogP contribution is 2.29. The molecule has 1 heterocycles. The second-order valence-corrected chi connectivity index (χ2v) is 5.34. The molecule has 0 unspecified atom stereocenters. The first-order chi connectivity index (χ1) is 7.59. The Bertz CT molecular complexity index is 375. The molecule has 0 aromatic heterocycles. The molecule has 1 saturated heterocycles. The Hall–Kier alpha value is -0.580. The number of nitrogens with one attached hydrogen (secondary N) is 1. The Kier molecular flexibility index (Phi) is 3.52. The van der Waals surface area contributed by atoms with Gasteiger partial charge >= 0.3 is 0 Å². The molecule has 1 aliphatic heterocycles. The number of phenols is 1. The van der Waals surface area contributed by atoms with Crippen molar-refractivity contribution in [2.75, 3.05) is 13.1 Å². The molecule has 3 nitrogen and oxygen atoms in total. The first-order valence-corrected chi connectivity index (χ1v) is 6.29. The zero-order valence-corrected chi connectivity index (χ0v) is 10.6. The molecule has 0 saturated carbocycles. The van der Waals surface area contributed by atoms with Crippen LogP contribution in [0.25, 0.3) is 0 Å². The first kappa shape index (κ1) is 11.9. The van der Waals surface area contributed by atoms with Crippen LogP contribution in [0, 0.1) is 0 Å². The normalized spacial score (nSPS) is 19.6. The van der Waals surface area contributed by atoms with Crippen molar-refractivity contribution in [1.82, 2.24) is 5.32 Å². The van der Waals surface area contributed by atoms with E-state index >= 15 is 0 Å². The zero-order valence-electron chi connectivity index (χ0n) is 9.04. The van der Waals surface area contributed by atoms with Crippen molar-refractivity contribution in [1.29, 1.82) is 0 Å². The van der Waals surface area contributed by atoms with Gasteiger partial charge in [-0.25, -0.2) is 0 Å². The van der Waals surface area contributed by atoms with Gasteiger partial charge in [0.1, 0.15) is 5.75 Å². The number of hydrogen-bond acceptors (Lipinski definition) is 3. The number of aromatic hydroxyl groups is 1. The first-order valence-electron chi connectivity index (χ1n) is 5.50. The third-order valence-corrected chi connectivity index (χ3v) is 3.59. The number of rotatable bonds is 2. The predicted molar refractivity (Wildman–Crippen MR) is 66.6 cm³/mol. The van der Waals surface area contributed by atoms with E-state index < -0.39 is 5.60 Å². The summed E-state index contributed by atoms with van der Waals surface area (Å²) in [4.78, 5) is 0. The fourth-order valence-electron chi connectivity index (χ4n) is 2.11. The van der Waals surface area contributed by atoms with Gasteiger partial charge in [0.05, 0.1) is 5.60 Å². The van der Waals surface area contributed by atoms with Gasteiger partial charge in [0.2, 0.25) is 0 Å². The van der Waals surface area contributed by atoms with Gasteiger partial charge in [0.25, 0.3) is 0 Å². The van der Waals surface area contributed by atoms with Crippen LogP contribution >= 0.6 is 15.9 Å². The lowest BCUT2D eigenvalue weighted by molar-refractivity contribution is 0.0104. The lowest BCUT2D eigenvalue weighted by atomic mass is 9.86. The van der Waals surface area contributed by atoms with Gasteiger partial charge in [-0.1, -0.05) is 22.0 Å². The molecule has 1 aliphatic rings. The van der Waals surface area contributed by atoms with E-state index in [0.717, 1.165) is 36.0 Å². The maximum atomic E-state index is 10.4. The molecule has 0 aliphatic carbocycles. The van der Waals surface area contributed by atoms with E-state index in [9.17, 15) is 10.2 Å². The maximum absolute atomic E-state index is 10.4. The van der Waals surface area contributed by atoms with Crippen molar-refractivity contribution in [2.24, 2.45) is 0 Å². The van der Waals surface area contributed by atoms with Gasteiger partial charge in [-0.05, 0) is 43.6 Å². The lowest BCUT2D eigenvalue weighted by Gasteiger charge is -2.32. The Balaban J connectivity index is 2.13. The standard InChI is InChI=1S/C12H16BrNO2/c13-10-2-1-9(11(15)7-10)8-12(16)3-5-14-6-4-12/h1-2,7,14-16H,3-6,8H2. The average molecular weight is 286 g/mol. The van der Waals surface area contributed by atoms with Crippen molar-refractivity contribution in [3.05, 3.63) is 28.2 Å². The molecule has 1 aromatic carbocycles. The molecule has 0 radical (unpaired) electrons. The summed E-state index contributed by atoms with van der Waals surface area (Å²) in [5.41, 5.74) is 0.143. The molecule has 2 rings (SSSR count). The van der Waals surface area contributed by atoms with Gasteiger partial charge in [0.15, 0.2) is 0 Å². The quantitative estimate of drug-likeness (QED) is 0.777. The third-order valence-electron chi connectivity index (χ3n) is 3.10. The fraction of sp³-hybridized carbons (Fsp3) is 0.500. The molecular formula is C12H16BrNO2. The molecule has 3 N–H and O–H groups in total. The number of halogens is 1. The van der Waals surface area contributed by atoms with Crippen molar-refractivity contribution in [3.8, 4) is 5.75 Å². The van der Waals surface area contributed by atoms with Gasteiger partial charge in [-0.15, -0.1) is 0 Å². The molecule has 0 bridgehead atoms. The Morgan fingerprint density at radius 1 is 1.31 bits per heavy atom. The molecule has 16 heavy (non-hydrogen) atoms. The number of phenolic OH excluding ortho intramolecular Hbond substituents is 1. The summed E-state index contributed by atoms with van der Waals surface area (Å²) in [6, 6.07) is 5.42. The highest BCUT2D eigenvalue weighted by molar-refractivity contribution is 9.10. The van der Waals surface area contributed by atoms with Crippen LogP contribution in [0.1, 0.15) is 18.4 Å². The smallest absolute Gasteiger partial charge is 0.119 e. The molecule has 0 atom stereocenters. The van der Waals surface area contributed by atoms with Gasteiger partial charge in [0, 0.05) is 10.9 Å². The second kappa shape index (κ2) is 4.73. The van der Waals surface area contributed by atoms with Crippen LogP contribution in [-0.2, 0) is 6.42 Å². The van der Waals surface area contributed by atoms with E-state index in [0.29, 0.717) is 6.42 Å². The van der Waals surface area contributed by atoms with Crippen molar-refractivity contribution in [2.45, 2.75) is 24.9 Å². The SMILES string of the molecule is Oc1cc(Br)ccc1CC1(O)CCNCC1. The van der Waals surface area contributed by atoms with Crippen LogP contribution in [0.15, 0.2) is 22.7 Å². The summed E-state index contributed by atoms with van der Waals surface area (Å²) < 4.78 is 0.853. The molecular weight excluding hydrogens is 270 g/mol. The number of hydrogen-bond donors (Lipinski definition) is 3. The Morgan fingerprint density at radius 2 is 2.00 bits per heavy atom. The summed E-state index contributed by atoms with van der Waals surface area (Å²) in [6.07, 6.45) is 2.00. The maximum Gasteiger partial charge on any atom is 0.119 e. The van der Waals surface area contributed by atoms with E-state index in [1.54, 1.807) is 6.07 Å². The Morgan fingerprint density at radius 3 is 2.62 bits per heavy atom. The molecule has 0 spiro atoms. The summed E-state index contributed by atoms with van der Waals surface area (Å²) in [6.45, 7) is 1.68. The van der Waals surface area contributed by atoms with E-state index in [1.165, 1.54) is 0 Å². The van der Waals surface area contributed by atoms with E-state index in [4.69, 9.17) is 0 Å². The minimum Gasteiger partial charge on any atom is -0.508 e. The van der Waals surface area contributed by atoms with Gasteiger partial charge in [-0.2, -0.15) is 0 Å². The van der Waals surface area contributed by atoms with Crippen LogP contribution in [0.5, 0.6) is 5.75 Å². The summed E-state index contributed by atoms with van der Waals surface area (Å²) in [5.74, 6) is 0.251. The lowest BCUT2D eigenvalue weighted by Crippen LogP contribution is -2.43. The van der Waals surface area contributed by atoms with Crippen LogP contribution in [0.4, 0.5) is 0 Å². The third kappa shape index (κ3) is 2.75. The second-order valence-electron chi connectivity index (χ2n) is 4.42. The van der Waals surface area contributed by atoms with Crippen molar-refractivity contribution in [3.63, 3.8) is 0 Å². The minimum absolute atomic E-state index is 0.251. The van der Waals surface area contributed by atoms with Crippen LogP contribution in [0.2, 0.25) is 0 Å². The summed E-state index contributed by atoms with van der Waals surface area (Å²) in [5, 5.41) is 23.4. The van der Waals surface area contributed by atoms with Gasteiger partial charge in [-0.3, -0.25) is 0 Å². The van der Waals surface area contributed by atoms with E-state index in [-0.39, 0.29) is 5.75 Å². The molecule has 0 amide bonds. The molecule has 1 aromatic rings. The predicted octanol–water partition coefficient (Wildman–Crippen LogP) is 1.81. The molecule has 88 valence electrons. The highest BCUT2D eigenvalue weighted by Gasteiger charge is 2.30. The van der Waals surface area contributed by atoms with E-state index in [2.05, 4.69) is 21.2 Å². The van der Waals surface area contributed by atoms with Crippen molar-refractivity contribution >= 4 is 15.9 Å². The largest absolute Gasteiger partial charge is 0.508 e. The number of benzene rings is 1. The van der Waals surface area contributed by atoms with Crippen LogP contribution < -0.4 is 5.32 Å². The summed E-state index contributed by atoms with van der Waals surface area (Å²) >= 11 is 3.30. The average Bonchev–Trinajstić information content (AvgIpc) is 2.23. The van der Waals surface area contributed by atoms with Crippen molar-refractivity contribution < 1.29 is 10.2 Å². The zero-order chi connectivity index (χ0) is 11.6. The number of piperidine rings is 1. The van der Waals surface area contributed by atoms with Crippen LogP contribution in [-0.4, -0.2) is 28.9 Å². The fourth-order valence-corrected chi connectivity index (χ4v) is 2.46. The molecule has 1 fully saturated rings. The van der Waals surface area contributed by atoms with Gasteiger partial charge < -0.3 is 15.5 Å². The molecule has 4 heteroatoms. The highest BCUT2D eigenvalue weighted by atomic mass is 79.9. The summed E-state index contributed by atoms with van der Waals surface area (Å²) in [7, 11) is 0. The van der Waals surface area contributed by atoms with Crippen LogP contribution in [0.3, 0.4) is 0 Å². The topological polar surface area (TPSA) is 52.5 Å². The number of aliphatic hydroxyl groups is 1. The Labute approximate surface area is 104 Å². The monoisotopic (exact) mass is 285 g/mol. The van der Waals surface area contributed by atoms with E-state index in [1.807, 2.05) is 12.1 Å².